The van der Waals surface area contributed by atoms with Crippen LogP contribution >= 0.6 is 0 Å². The van der Waals surface area contributed by atoms with E-state index in [1.807, 2.05) is 38.1 Å². The van der Waals surface area contributed by atoms with Gasteiger partial charge in [0.2, 0.25) is 0 Å². The van der Waals surface area contributed by atoms with Crippen molar-refractivity contribution in [2.75, 3.05) is 13.2 Å². The van der Waals surface area contributed by atoms with Gasteiger partial charge in [-0.2, -0.15) is 0 Å². The summed E-state index contributed by atoms with van der Waals surface area (Å²) in [7, 11) is 0. The van der Waals surface area contributed by atoms with Gasteiger partial charge in [0.15, 0.2) is 0 Å². The molecule has 0 heterocycles. The molecule has 6 nitrogen and oxygen atoms in total. The molecule has 1 fully saturated rings. The highest BCUT2D eigenvalue weighted by Gasteiger charge is 2.50. The van der Waals surface area contributed by atoms with E-state index in [-0.39, 0.29) is 18.6 Å². The highest BCUT2D eigenvalue weighted by molar-refractivity contribution is 5.97. The van der Waals surface area contributed by atoms with E-state index in [0.29, 0.717) is 17.1 Å². The number of carbonyl (C=O) groups is 2. The molecule has 6 heteroatoms. The maximum atomic E-state index is 12.0. The van der Waals surface area contributed by atoms with Crippen molar-refractivity contribution in [3.8, 4) is 11.5 Å². The minimum absolute atomic E-state index is 0.00682. The molecular weight excluding hydrogens is 456 g/mol. The molecule has 2 bridgehead atoms. The second-order valence-corrected chi connectivity index (χ2v) is 10.6. The van der Waals surface area contributed by atoms with Crippen molar-refractivity contribution >= 4 is 22.7 Å². The summed E-state index contributed by atoms with van der Waals surface area (Å²) in [5, 5.41) is 1.93. The summed E-state index contributed by atoms with van der Waals surface area (Å²) in [5.41, 5.74) is 3.11. The lowest BCUT2D eigenvalue weighted by Crippen LogP contribution is -2.25. The van der Waals surface area contributed by atoms with Crippen LogP contribution in [0.3, 0.4) is 0 Å². The van der Waals surface area contributed by atoms with Crippen molar-refractivity contribution < 1.29 is 28.5 Å². The maximum Gasteiger partial charge on any atom is 0.333 e. The third kappa shape index (κ3) is 4.86. The van der Waals surface area contributed by atoms with Gasteiger partial charge in [-0.3, -0.25) is 0 Å². The molecule has 0 aliphatic heterocycles. The van der Waals surface area contributed by atoms with Crippen LogP contribution in [0.2, 0.25) is 0 Å². The molecule has 0 amide bonds. The summed E-state index contributed by atoms with van der Waals surface area (Å²) in [4.78, 5) is 23.9. The van der Waals surface area contributed by atoms with Crippen molar-refractivity contribution in [1.82, 2.24) is 0 Å². The van der Waals surface area contributed by atoms with Crippen LogP contribution in [0.25, 0.3) is 10.8 Å². The summed E-state index contributed by atoms with van der Waals surface area (Å²) in [6, 6.07) is 8.06. The van der Waals surface area contributed by atoms with Crippen molar-refractivity contribution in [2.45, 2.75) is 77.4 Å². The van der Waals surface area contributed by atoms with E-state index in [0.717, 1.165) is 41.5 Å². The molecule has 2 aromatic carbocycles. The molecule has 0 spiro atoms. The predicted octanol–water partition coefficient (Wildman–Crippen LogP) is 6.15. The number of esters is 2. The van der Waals surface area contributed by atoms with Crippen LogP contribution < -0.4 is 9.47 Å². The second-order valence-electron chi connectivity index (χ2n) is 10.6. The second kappa shape index (κ2) is 10.00. The third-order valence-corrected chi connectivity index (χ3v) is 7.15. The molecule has 0 radical (unpaired) electrons. The zero-order valence-electron chi connectivity index (χ0n) is 21.9. The van der Waals surface area contributed by atoms with Crippen molar-refractivity contribution in [1.29, 1.82) is 0 Å². The Hall–Kier alpha value is -3.28. The first kappa shape index (κ1) is 25.8. The van der Waals surface area contributed by atoms with E-state index in [2.05, 4.69) is 20.1 Å². The largest absolute Gasteiger partial charge is 0.489 e. The van der Waals surface area contributed by atoms with Crippen LogP contribution in [0.1, 0.15) is 70.9 Å². The molecule has 0 aromatic heterocycles. The third-order valence-electron chi connectivity index (χ3n) is 7.15. The molecule has 4 unspecified atom stereocenters. The van der Waals surface area contributed by atoms with E-state index in [4.69, 9.17) is 18.9 Å². The number of rotatable bonds is 10. The number of benzene rings is 2. The van der Waals surface area contributed by atoms with Crippen LogP contribution in [0.15, 0.2) is 48.6 Å². The molecule has 192 valence electrons. The SMILES string of the molecule is C=C(C)C(=O)OC(C)COc1c2c(c(OCC(C)OC(=O)C(=C)C)c3ccccc13)C1(C)CCC2C1. The highest BCUT2D eigenvalue weighted by atomic mass is 16.6. The van der Waals surface area contributed by atoms with E-state index in [9.17, 15) is 9.59 Å². The minimum atomic E-state index is -0.421. The van der Waals surface area contributed by atoms with E-state index in [1.54, 1.807) is 13.8 Å². The van der Waals surface area contributed by atoms with Crippen LogP contribution in [0, 0.1) is 0 Å². The molecule has 4 rings (SSSR count). The minimum Gasteiger partial charge on any atom is -0.489 e. The Balaban J connectivity index is 1.69. The van der Waals surface area contributed by atoms with E-state index in [1.165, 1.54) is 11.1 Å². The van der Waals surface area contributed by atoms with Crippen molar-refractivity contribution in [3.63, 3.8) is 0 Å². The fourth-order valence-electron chi connectivity index (χ4n) is 5.44. The Bertz CT molecular complexity index is 1230. The summed E-state index contributed by atoms with van der Waals surface area (Å²) in [6.07, 6.45) is 2.40. The average Bonchev–Trinajstić information content (AvgIpc) is 3.35. The van der Waals surface area contributed by atoms with E-state index < -0.39 is 24.1 Å². The normalized spacial score (nSPS) is 21.4. The Morgan fingerprint density at radius 2 is 1.44 bits per heavy atom. The molecule has 0 N–H and O–H groups in total. The zero-order chi connectivity index (χ0) is 26.2. The Labute approximate surface area is 213 Å². The van der Waals surface area contributed by atoms with Gasteiger partial charge in [-0.25, -0.2) is 9.59 Å². The summed E-state index contributed by atoms with van der Waals surface area (Å²) in [6.45, 7) is 17.0. The first-order valence-electron chi connectivity index (χ1n) is 12.6. The average molecular weight is 493 g/mol. The topological polar surface area (TPSA) is 71.1 Å². The number of hydrogen-bond acceptors (Lipinski definition) is 6. The summed E-state index contributed by atoms with van der Waals surface area (Å²) in [5.74, 6) is 1.24. The lowest BCUT2D eigenvalue weighted by molar-refractivity contribution is -0.145. The van der Waals surface area contributed by atoms with Gasteiger partial charge in [0.1, 0.15) is 36.9 Å². The van der Waals surface area contributed by atoms with Gasteiger partial charge in [-0.1, -0.05) is 44.3 Å². The van der Waals surface area contributed by atoms with Gasteiger partial charge in [0.25, 0.3) is 0 Å². The summed E-state index contributed by atoms with van der Waals surface area (Å²) >= 11 is 0. The fraction of sp³-hybridized carbons (Fsp3) is 0.467. The molecule has 1 saturated carbocycles. The van der Waals surface area contributed by atoms with Gasteiger partial charge < -0.3 is 18.9 Å². The monoisotopic (exact) mass is 492 g/mol. The number of ether oxygens (including phenoxy) is 4. The highest BCUT2D eigenvalue weighted by Crippen LogP contribution is 2.63. The quantitative estimate of drug-likeness (QED) is 0.293. The molecule has 4 atom stereocenters. The van der Waals surface area contributed by atoms with Crippen molar-refractivity contribution in [2.24, 2.45) is 0 Å². The maximum absolute atomic E-state index is 12.0. The van der Waals surface area contributed by atoms with Crippen LogP contribution in [-0.4, -0.2) is 37.4 Å². The first-order chi connectivity index (χ1) is 17.0. The molecule has 36 heavy (non-hydrogen) atoms. The fourth-order valence-corrected chi connectivity index (χ4v) is 5.44. The van der Waals surface area contributed by atoms with Gasteiger partial charge in [-0.05, 0) is 58.3 Å². The van der Waals surface area contributed by atoms with E-state index >= 15 is 0 Å². The Morgan fingerprint density at radius 1 is 0.944 bits per heavy atom. The Morgan fingerprint density at radius 3 is 1.97 bits per heavy atom. The molecule has 2 aliphatic carbocycles. The molecular formula is C30H36O6. The molecule has 2 aliphatic rings. The number of hydrogen-bond donors (Lipinski definition) is 0. The van der Waals surface area contributed by atoms with Gasteiger partial charge in [0, 0.05) is 33.0 Å². The van der Waals surface area contributed by atoms with Crippen molar-refractivity contribution in [3.05, 3.63) is 59.7 Å². The van der Waals surface area contributed by atoms with Crippen LogP contribution in [0.5, 0.6) is 11.5 Å². The first-order valence-corrected chi connectivity index (χ1v) is 12.6. The molecule has 0 saturated heterocycles. The molecule has 2 aromatic rings. The van der Waals surface area contributed by atoms with Gasteiger partial charge >= 0.3 is 11.9 Å². The van der Waals surface area contributed by atoms with Gasteiger partial charge in [-0.15, -0.1) is 0 Å². The lowest BCUT2D eigenvalue weighted by Gasteiger charge is -2.30. The van der Waals surface area contributed by atoms with Crippen LogP contribution in [0.4, 0.5) is 0 Å². The summed E-state index contributed by atoms with van der Waals surface area (Å²) < 4.78 is 23.8. The number of fused-ring (bicyclic) bond motifs is 6. The lowest BCUT2D eigenvalue weighted by atomic mass is 9.78. The predicted molar refractivity (Wildman–Crippen MR) is 140 cm³/mol. The zero-order valence-corrected chi connectivity index (χ0v) is 21.9. The standard InChI is InChI=1S/C30H36O6/c1-17(2)28(31)35-19(5)15-33-26-22-10-8-9-11-23(22)27(34-16-20(6)36-29(32)18(3)4)25-24(26)21-12-13-30(25,7)14-21/h8-11,19-21H,1,3,12-16H2,2,4-7H3. The Kier molecular flexibility index (Phi) is 7.17. The smallest absolute Gasteiger partial charge is 0.333 e. The number of carbonyl (C=O) groups excluding carboxylic acids is 2. The van der Waals surface area contributed by atoms with Crippen LogP contribution in [-0.2, 0) is 24.5 Å². The van der Waals surface area contributed by atoms with Gasteiger partial charge in [0.05, 0.1) is 0 Å².